The molecule has 0 radical (unpaired) electrons. The van der Waals surface area contributed by atoms with E-state index in [1.54, 1.807) is 25.4 Å². The van der Waals surface area contributed by atoms with Gasteiger partial charge in [-0.1, -0.05) is 13.3 Å². The van der Waals surface area contributed by atoms with Crippen molar-refractivity contribution in [3.05, 3.63) is 33.9 Å². The molecule has 1 N–H and O–H groups in total. The number of carbonyl (C=O) groups excluding carboxylic acids is 1. The molecule has 5 nitrogen and oxygen atoms in total. The number of hydrogen-bond donors (Lipinski definition) is 1. The molecule has 0 atom stereocenters. The number of amides is 1. The van der Waals surface area contributed by atoms with Gasteiger partial charge in [0.1, 0.15) is 4.88 Å². The molecule has 2 aromatic heterocycles. The van der Waals surface area contributed by atoms with Crippen LogP contribution in [-0.4, -0.2) is 23.0 Å². The van der Waals surface area contributed by atoms with E-state index < -0.39 is 0 Å². The van der Waals surface area contributed by atoms with Crippen molar-refractivity contribution in [1.82, 2.24) is 9.97 Å². The Kier molecular flexibility index (Phi) is 5.27. The summed E-state index contributed by atoms with van der Waals surface area (Å²) < 4.78 is 4.99. The van der Waals surface area contributed by atoms with E-state index in [0.29, 0.717) is 16.4 Å². The Hall–Kier alpha value is -1.95. The van der Waals surface area contributed by atoms with Crippen LogP contribution in [0.25, 0.3) is 0 Å². The third kappa shape index (κ3) is 4.01. The molecule has 2 heterocycles. The summed E-state index contributed by atoms with van der Waals surface area (Å²) in [5, 5.41) is 3.77. The van der Waals surface area contributed by atoms with Crippen LogP contribution in [0.4, 0.5) is 5.69 Å². The summed E-state index contributed by atoms with van der Waals surface area (Å²) in [4.78, 5) is 21.6. The van der Waals surface area contributed by atoms with Crippen LogP contribution in [0.5, 0.6) is 5.88 Å². The summed E-state index contributed by atoms with van der Waals surface area (Å²) in [5.41, 5.74) is 1.53. The lowest BCUT2D eigenvalue weighted by atomic mass is 10.2. The lowest BCUT2D eigenvalue weighted by molar-refractivity contribution is 0.102. The van der Waals surface area contributed by atoms with E-state index in [2.05, 4.69) is 22.2 Å². The maximum Gasteiger partial charge on any atom is 0.267 e. The summed E-state index contributed by atoms with van der Waals surface area (Å²) >= 11 is 1.43. The molecular weight excluding hydrogens is 286 g/mol. The number of methoxy groups -OCH3 is 1. The van der Waals surface area contributed by atoms with Gasteiger partial charge in [-0.05, 0) is 25.8 Å². The first-order valence-electron chi connectivity index (χ1n) is 6.91. The van der Waals surface area contributed by atoms with Gasteiger partial charge in [0.05, 0.1) is 29.7 Å². The second kappa shape index (κ2) is 7.17. The van der Waals surface area contributed by atoms with E-state index in [1.165, 1.54) is 11.3 Å². The number of rotatable bonds is 6. The minimum atomic E-state index is -0.126. The van der Waals surface area contributed by atoms with Gasteiger partial charge < -0.3 is 10.1 Å². The fourth-order valence-electron chi connectivity index (χ4n) is 1.92. The van der Waals surface area contributed by atoms with Crippen LogP contribution < -0.4 is 10.1 Å². The number of aromatic nitrogens is 2. The maximum absolute atomic E-state index is 12.4. The lowest BCUT2D eigenvalue weighted by Crippen LogP contribution is -2.12. The zero-order valence-electron chi connectivity index (χ0n) is 12.5. The largest absolute Gasteiger partial charge is 0.481 e. The minimum Gasteiger partial charge on any atom is -0.481 e. The fourth-order valence-corrected chi connectivity index (χ4v) is 2.78. The number of unbranched alkanes of at least 4 members (excludes halogenated alkanes) is 1. The van der Waals surface area contributed by atoms with Crippen molar-refractivity contribution in [3.63, 3.8) is 0 Å². The van der Waals surface area contributed by atoms with Crippen molar-refractivity contribution >= 4 is 22.9 Å². The standard InChI is InChI=1S/C15H19N3O2S/c1-4-5-6-12-14(21-10(2)17-12)15(19)18-11-7-8-13(20-3)16-9-11/h7-9H,4-6H2,1-3H3,(H,18,19). The summed E-state index contributed by atoms with van der Waals surface area (Å²) in [7, 11) is 1.56. The molecule has 2 aromatic rings. The molecule has 0 aromatic carbocycles. The molecule has 0 aliphatic rings. The van der Waals surface area contributed by atoms with Crippen LogP contribution in [0.2, 0.25) is 0 Å². The SMILES string of the molecule is CCCCc1nc(C)sc1C(=O)Nc1ccc(OC)nc1. The topological polar surface area (TPSA) is 64.1 Å². The zero-order chi connectivity index (χ0) is 15.2. The van der Waals surface area contributed by atoms with Crippen LogP contribution in [0.15, 0.2) is 18.3 Å². The van der Waals surface area contributed by atoms with Crippen LogP contribution in [0.1, 0.15) is 40.1 Å². The molecule has 2 rings (SSSR count). The molecule has 0 saturated carbocycles. The molecule has 0 unspecified atom stereocenters. The Morgan fingerprint density at radius 1 is 1.43 bits per heavy atom. The molecule has 0 spiro atoms. The molecule has 112 valence electrons. The summed E-state index contributed by atoms with van der Waals surface area (Å²) in [6.07, 6.45) is 4.54. The van der Waals surface area contributed by atoms with Crippen molar-refractivity contribution in [2.45, 2.75) is 33.1 Å². The second-order valence-electron chi connectivity index (χ2n) is 4.66. The van der Waals surface area contributed by atoms with E-state index in [-0.39, 0.29) is 5.91 Å². The smallest absolute Gasteiger partial charge is 0.267 e. The Labute approximate surface area is 128 Å². The highest BCUT2D eigenvalue weighted by molar-refractivity contribution is 7.13. The zero-order valence-corrected chi connectivity index (χ0v) is 13.3. The van der Waals surface area contributed by atoms with Gasteiger partial charge in [0.2, 0.25) is 5.88 Å². The first-order chi connectivity index (χ1) is 10.1. The Balaban J connectivity index is 2.11. The van der Waals surface area contributed by atoms with Crippen molar-refractivity contribution < 1.29 is 9.53 Å². The van der Waals surface area contributed by atoms with Crippen molar-refractivity contribution in [2.24, 2.45) is 0 Å². The van der Waals surface area contributed by atoms with Crippen LogP contribution >= 0.6 is 11.3 Å². The molecule has 0 bridgehead atoms. The summed E-state index contributed by atoms with van der Waals surface area (Å²) in [6, 6.07) is 3.48. The highest BCUT2D eigenvalue weighted by Gasteiger charge is 2.16. The van der Waals surface area contributed by atoms with Crippen LogP contribution in [0, 0.1) is 6.92 Å². The highest BCUT2D eigenvalue weighted by atomic mass is 32.1. The molecule has 1 amide bonds. The molecule has 0 fully saturated rings. The number of nitrogens with one attached hydrogen (secondary N) is 1. The van der Waals surface area contributed by atoms with E-state index in [9.17, 15) is 4.79 Å². The molecule has 0 aliphatic carbocycles. The normalized spacial score (nSPS) is 10.4. The molecule has 0 aliphatic heterocycles. The molecule has 0 saturated heterocycles. The molecular formula is C15H19N3O2S. The van der Waals surface area contributed by atoms with Gasteiger partial charge in [-0.25, -0.2) is 9.97 Å². The van der Waals surface area contributed by atoms with Gasteiger partial charge in [0, 0.05) is 6.07 Å². The molecule has 6 heteroatoms. The van der Waals surface area contributed by atoms with E-state index in [0.717, 1.165) is 30.0 Å². The third-order valence-corrected chi connectivity index (χ3v) is 3.99. The Bertz CT molecular complexity index is 608. The monoisotopic (exact) mass is 305 g/mol. The highest BCUT2D eigenvalue weighted by Crippen LogP contribution is 2.21. The maximum atomic E-state index is 12.4. The number of ether oxygens (including phenoxy) is 1. The lowest BCUT2D eigenvalue weighted by Gasteiger charge is -2.05. The Morgan fingerprint density at radius 2 is 2.24 bits per heavy atom. The van der Waals surface area contributed by atoms with Gasteiger partial charge in [-0.15, -0.1) is 11.3 Å². The fraction of sp³-hybridized carbons (Fsp3) is 0.400. The van der Waals surface area contributed by atoms with Gasteiger partial charge in [-0.3, -0.25) is 4.79 Å². The number of thiazole rings is 1. The third-order valence-electron chi connectivity index (χ3n) is 2.98. The van der Waals surface area contributed by atoms with Gasteiger partial charge in [0.25, 0.3) is 5.91 Å². The van der Waals surface area contributed by atoms with E-state index in [1.807, 2.05) is 6.92 Å². The van der Waals surface area contributed by atoms with Gasteiger partial charge in [0.15, 0.2) is 0 Å². The average Bonchev–Trinajstić information content (AvgIpc) is 2.87. The predicted octanol–water partition coefficient (Wildman–Crippen LogP) is 3.45. The number of nitrogens with zero attached hydrogens (tertiary/aromatic N) is 2. The number of anilines is 1. The summed E-state index contributed by atoms with van der Waals surface area (Å²) in [5.74, 6) is 0.393. The average molecular weight is 305 g/mol. The van der Waals surface area contributed by atoms with Gasteiger partial charge >= 0.3 is 0 Å². The summed E-state index contributed by atoms with van der Waals surface area (Å²) in [6.45, 7) is 4.05. The first-order valence-corrected chi connectivity index (χ1v) is 7.73. The number of carbonyl (C=O) groups is 1. The van der Waals surface area contributed by atoms with Crippen molar-refractivity contribution in [3.8, 4) is 5.88 Å². The van der Waals surface area contributed by atoms with Crippen molar-refractivity contribution in [2.75, 3.05) is 12.4 Å². The molecule has 21 heavy (non-hydrogen) atoms. The number of pyridine rings is 1. The van der Waals surface area contributed by atoms with E-state index >= 15 is 0 Å². The second-order valence-corrected chi connectivity index (χ2v) is 5.86. The predicted molar refractivity (Wildman–Crippen MR) is 84.2 cm³/mol. The van der Waals surface area contributed by atoms with Crippen molar-refractivity contribution in [1.29, 1.82) is 0 Å². The van der Waals surface area contributed by atoms with Crippen LogP contribution in [-0.2, 0) is 6.42 Å². The first kappa shape index (κ1) is 15.4. The Morgan fingerprint density at radius 3 is 2.86 bits per heavy atom. The quantitative estimate of drug-likeness (QED) is 0.888. The van der Waals surface area contributed by atoms with E-state index in [4.69, 9.17) is 4.74 Å². The van der Waals surface area contributed by atoms with Crippen LogP contribution in [0.3, 0.4) is 0 Å². The minimum absolute atomic E-state index is 0.126. The number of hydrogen-bond acceptors (Lipinski definition) is 5. The number of aryl methyl sites for hydroxylation is 2. The van der Waals surface area contributed by atoms with Gasteiger partial charge in [-0.2, -0.15) is 0 Å².